The molecule has 3 heterocycles. The van der Waals surface area contributed by atoms with E-state index in [1.807, 2.05) is 0 Å². The fourth-order valence-corrected chi connectivity index (χ4v) is 5.02. The molecule has 2 amide bonds. The molecular formula is C27H17F3N4O3. The number of carbonyl (C=O) groups is 2. The number of ether oxygens (including phenoxy) is 1. The van der Waals surface area contributed by atoms with Crippen LogP contribution in [0.5, 0.6) is 5.75 Å². The van der Waals surface area contributed by atoms with Crippen LogP contribution >= 0.6 is 0 Å². The van der Waals surface area contributed by atoms with Crippen LogP contribution in [0.1, 0.15) is 11.1 Å². The number of fused-ring (bicyclic) bond motifs is 4. The van der Waals surface area contributed by atoms with E-state index in [2.05, 4.69) is 15.3 Å². The first-order valence-corrected chi connectivity index (χ1v) is 11.3. The number of rotatable bonds is 4. The lowest BCUT2D eigenvalue weighted by Crippen LogP contribution is -2.45. The van der Waals surface area contributed by atoms with Crippen LogP contribution in [0.25, 0.3) is 11.1 Å². The van der Waals surface area contributed by atoms with Crippen LogP contribution in [0.4, 0.5) is 24.5 Å². The maximum atomic E-state index is 14.4. The molecule has 0 bridgehead atoms. The van der Waals surface area contributed by atoms with Gasteiger partial charge in [0.15, 0.2) is 11.6 Å². The molecule has 2 aliphatic heterocycles. The molecule has 10 heteroatoms. The Morgan fingerprint density at radius 2 is 1.76 bits per heavy atom. The molecule has 7 nitrogen and oxygen atoms in total. The first-order chi connectivity index (χ1) is 17.9. The number of halogens is 3. The summed E-state index contributed by atoms with van der Waals surface area (Å²) in [5.74, 6) is -4.02. The minimum atomic E-state index is -1.55. The van der Waals surface area contributed by atoms with Crippen LogP contribution in [-0.4, -0.2) is 34.9 Å². The highest BCUT2D eigenvalue weighted by Gasteiger charge is 2.58. The van der Waals surface area contributed by atoms with Crippen molar-refractivity contribution in [3.05, 3.63) is 102 Å². The number of nitrogens with one attached hydrogen (secondary N) is 1. The average Bonchev–Trinajstić information content (AvgIpc) is 3.38. The third-order valence-electron chi connectivity index (χ3n) is 6.62. The van der Waals surface area contributed by atoms with Gasteiger partial charge in [-0.3, -0.25) is 9.59 Å². The minimum Gasteiger partial charge on any atom is -0.491 e. The SMILES string of the molecule is O=C(CN1C(=O)C2(COc3cc(F)c(F)cc32)c2c(-c3cncnc3)cccc21)Nc1ccccc1F. The number of amides is 2. The molecule has 0 fully saturated rings. The highest BCUT2D eigenvalue weighted by molar-refractivity contribution is 6.16. The summed E-state index contributed by atoms with van der Waals surface area (Å²) in [6.45, 7) is -0.678. The van der Waals surface area contributed by atoms with Crippen molar-refractivity contribution in [2.75, 3.05) is 23.4 Å². The molecule has 1 aromatic heterocycles. The van der Waals surface area contributed by atoms with E-state index in [-0.39, 0.29) is 23.6 Å². The number of nitrogens with zero attached hydrogens (tertiary/aromatic N) is 3. The predicted molar refractivity (Wildman–Crippen MR) is 127 cm³/mol. The summed E-state index contributed by atoms with van der Waals surface area (Å²) in [6, 6.07) is 12.7. The third-order valence-corrected chi connectivity index (χ3v) is 6.62. The van der Waals surface area contributed by atoms with E-state index in [1.54, 1.807) is 36.7 Å². The lowest BCUT2D eigenvalue weighted by Gasteiger charge is -2.24. The maximum Gasteiger partial charge on any atom is 0.246 e. The number of hydrogen-bond acceptors (Lipinski definition) is 5. The zero-order chi connectivity index (χ0) is 25.7. The number of carbonyl (C=O) groups excluding carboxylic acids is 2. The van der Waals surface area contributed by atoms with Crippen molar-refractivity contribution in [2.24, 2.45) is 0 Å². The van der Waals surface area contributed by atoms with Crippen molar-refractivity contribution < 1.29 is 27.5 Å². The third kappa shape index (κ3) is 3.44. The van der Waals surface area contributed by atoms with Crippen LogP contribution in [0.2, 0.25) is 0 Å². The van der Waals surface area contributed by atoms with Gasteiger partial charge >= 0.3 is 0 Å². The summed E-state index contributed by atoms with van der Waals surface area (Å²) in [4.78, 5) is 36.4. The number of para-hydroxylation sites is 1. The Hall–Kier alpha value is -4.73. The molecule has 0 radical (unpaired) electrons. The Balaban J connectivity index is 1.50. The summed E-state index contributed by atoms with van der Waals surface area (Å²) in [5.41, 5.74) is 0.568. The van der Waals surface area contributed by atoms with E-state index >= 15 is 0 Å². The van der Waals surface area contributed by atoms with Gasteiger partial charge in [-0.25, -0.2) is 23.1 Å². The van der Waals surface area contributed by atoms with Gasteiger partial charge in [-0.15, -0.1) is 0 Å². The average molecular weight is 502 g/mol. The fraction of sp³-hybridized carbons (Fsp3) is 0.111. The van der Waals surface area contributed by atoms with Crippen molar-refractivity contribution in [3.63, 3.8) is 0 Å². The minimum absolute atomic E-state index is 0.0311. The summed E-state index contributed by atoms with van der Waals surface area (Å²) in [7, 11) is 0. The van der Waals surface area contributed by atoms with Crippen LogP contribution in [0, 0.1) is 17.5 Å². The van der Waals surface area contributed by atoms with E-state index in [9.17, 15) is 22.8 Å². The zero-order valence-corrected chi connectivity index (χ0v) is 19.0. The van der Waals surface area contributed by atoms with E-state index in [4.69, 9.17) is 4.74 Å². The van der Waals surface area contributed by atoms with Crippen molar-refractivity contribution in [2.45, 2.75) is 5.41 Å². The lowest BCUT2D eigenvalue weighted by molar-refractivity contribution is -0.124. The van der Waals surface area contributed by atoms with Crippen molar-refractivity contribution in [3.8, 4) is 16.9 Å². The Morgan fingerprint density at radius 3 is 2.54 bits per heavy atom. The highest BCUT2D eigenvalue weighted by Crippen LogP contribution is 2.55. The molecule has 1 spiro atoms. The monoisotopic (exact) mass is 502 g/mol. The van der Waals surface area contributed by atoms with E-state index < -0.39 is 41.2 Å². The van der Waals surface area contributed by atoms with E-state index in [1.165, 1.54) is 29.4 Å². The van der Waals surface area contributed by atoms with Gasteiger partial charge in [0.2, 0.25) is 11.8 Å². The van der Waals surface area contributed by atoms with E-state index in [0.29, 0.717) is 22.4 Å². The van der Waals surface area contributed by atoms with Gasteiger partial charge in [0.25, 0.3) is 0 Å². The topological polar surface area (TPSA) is 84.4 Å². The summed E-state index contributed by atoms with van der Waals surface area (Å²) in [5, 5.41) is 2.48. The van der Waals surface area contributed by atoms with Crippen LogP contribution in [0.3, 0.4) is 0 Å². The quantitative estimate of drug-likeness (QED) is 0.452. The molecule has 1 N–H and O–H groups in total. The van der Waals surface area contributed by atoms with Gasteiger partial charge in [-0.1, -0.05) is 24.3 Å². The lowest BCUT2D eigenvalue weighted by atomic mass is 9.74. The number of anilines is 2. The van der Waals surface area contributed by atoms with Crippen LogP contribution < -0.4 is 15.0 Å². The normalized spacial score (nSPS) is 17.5. The molecule has 0 saturated heterocycles. The first kappa shape index (κ1) is 22.7. The Bertz CT molecular complexity index is 1580. The van der Waals surface area contributed by atoms with Gasteiger partial charge in [0.05, 0.1) is 5.69 Å². The van der Waals surface area contributed by atoms with Crippen LogP contribution in [-0.2, 0) is 15.0 Å². The molecule has 184 valence electrons. The molecule has 0 saturated carbocycles. The van der Waals surface area contributed by atoms with Crippen molar-refractivity contribution >= 4 is 23.2 Å². The molecule has 1 unspecified atom stereocenters. The fourth-order valence-electron chi connectivity index (χ4n) is 5.02. The summed E-state index contributed by atoms with van der Waals surface area (Å²) in [6.07, 6.45) is 4.49. The molecular weight excluding hydrogens is 485 g/mol. The highest BCUT2D eigenvalue weighted by atomic mass is 19.2. The number of benzene rings is 3. The molecule has 3 aromatic carbocycles. The second-order valence-electron chi connectivity index (χ2n) is 8.70. The van der Waals surface area contributed by atoms with Gasteiger partial charge < -0.3 is 15.0 Å². The first-order valence-electron chi connectivity index (χ1n) is 11.3. The molecule has 2 aliphatic rings. The number of aromatic nitrogens is 2. The zero-order valence-electron chi connectivity index (χ0n) is 19.0. The van der Waals surface area contributed by atoms with Crippen molar-refractivity contribution in [1.82, 2.24) is 9.97 Å². The van der Waals surface area contributed by atoms with Gasteiger partial charge in [0, 0.05) is 40.8 Å². The second-order valence-corrected chi connectivity index (χ2v) is 8.70. The summed E-state index contributed by atoms with van der Waals surface area (Å²) >= 11 is 0. The molecule has 37 heavy (non-hydrogen) atoms. The largest absolute Gasteiger partial charge is 0.491 e. The van der Waals surface area contributed by atoms with Crippen molar-refractivity contribution in [1.29, 1.82) is 0 Å². The van der Waals surface area contributed by atoms with E-state index in [0.717, 1.165) is 12.1 Å². The summed E-state index contributed by atoms with van der Waals surface area (Å²) < 4.78 is 48.3. The smallest absolute Gasteiger partial charge is 0.246 e. The Morgan fingerprint density at radius 1 is 1.00 bits per heavy atom. The predicted octanol–water partition coefficient (Wildman–Crippen LogP) is 4.22. The molecule has 4 aromatic rings. The van der Waals surface area contributed by atoms with Gasteiger partial charge in [-0.2, -0.15) is 0 Å². The molecule has 6 rings (SSSR count). The Labute approximate surface area is 208 Å². The van der Waals surface area contributed by atoms with Gasteiger partial charge in [-0.05, 0) is 29.8 Å². The van der Waals surface area contributed by atoms with Crippen LogP contribution in [0.15, 0.2) is 73.3 Å². The maximum absolute atomic E-state index is 14.4. The number of hydrogen-bond donors (Lipinski definition) is 1. The molecule has 1 atom stereocenters. The standard InChI is InChI=1S/C27H17F3N4O3/c28-18-5-1-2-6-21(18)33-24(35)12-34-22-7-3-4-16(15-10-31-14-32-11-15)25(22)27(26(34)36)13-37-23-9-20(30)19(29)8-17(23)27/h1-11,14H,12-13H2,(H,33,35). The molecule has 0 aliphatic carbocycles. The second kappa shape index (κ2) is 8.44. The Kier molecular flexibility index (Phi) is 5.18. The van der Waals surface area contributed by atoms with Gasteiger partial charge in [0.1, 0.15) is 36.5 Å².